The summed E-state index contributed by atoms with van der Waals surface area (Å²) in [6.07, 6.45) is 4.19. The molecule has 1 aromatic heterocycles. The van der Waals surface area contributed by atoms with Gasteiger partial charge in [-0.3, -0.25) is 24.0 Å². The van der Waals surface area contributed by atoms with Crippen molar-refractivity contribution in [1.29, 1.82) is 0 Å². The Morgan fingerprint density at radius 3 is 1.93 bits per heavy atom. The lowest BCUT2D eigenvalue weighted by molar-refractivity contribution is 0.0841. The first-order valence-corrected chi connectivity index (χ1v) is 18.4. The van der Waals surface area contributed by atoms with Crippen LogP contribution in [0.4, 0.5) is 5.69 Å². The highest BCUT2D eigenvalue weighted by molar-refractivity contribution is 6.42. The molecule has 0 unspecified atom stereocenters. The Balaban J connectivity index is 1.17. The summed E-state index contributed by atoms with van der Waals surface area (Å²) < 4.78 is 5.93. The molecule has 1 saturated carbocycles. The summed E-state index contributed by atoms with van der Waals surface area (Å²) in [7, 11) is 0. The number of carbonyl (C=O) groups excluding carboxylic acids is 4. The van der Waals surface area contributed by atoms with Gasteiger partial charge >= 0.3 is 0 Å². The van der Waals surface area contributed by atoms with Crippen molar-refractivity contribution in [3.63, 3.8) is 0 Å². The number of amides is 2. The number of H-pyrrole nitrogens is 1. The largest absolute Gasteiger partial charge is 0.489 e. The van der Waals surface area contributed by atoms with Crippen molar-refractivity contribution in [1.82, 2.24) is 9.97 Å². The summed E-state index contributed by atoms with van der Waals surface area (Å²) in [5, 5.41) is 0.930. The smallest absolute Gasteiger partial charge is 0.266 e. The maximum Gasteiger partial charge on any atom is 0.266 e. The highest BCUT2D eigenvalue weighted by Gasteiger charge is 2.47. The maximum absolute atomic E-state index is 14.7. The van der Waals surface area contributed by atoms with Crippen molar-refractivity contribution >= 4 is 50.7 Å². The van der Waals surface area contributed by atoms with Gasteiger partial charge in [0.15, 0.2) is 11.6 Å². The van der Waals surface area contributed by atoms with E-state index in [4.69, 9.17) is 4.74 Å². The predicted octanol–water partition coefficient (Wildman–Crippen LogP) is 8.51. The number of rotatable bonds is 6. The molecule has 5 aromatic carbocycles. The van der Waals surface area contributed by atoms with Gasteiger partial charge in [0.2, 0.25) is 0 Å². The van der Waals surface area contributed by atoms with Crippen LogP contribution >= 0.6 is 0 Å². The number of anilines is 1. The van der Waals surface area contributed by atoms with E-state index in [2.05, 4.69) is 9.97 Å². The molecule has 9 heteroatoms. The first-order chi connectivity index (χ1) is 26.1. The van der Waals surface area contributed by atoms with Gasteiger partial charge in [-0.05, 0) is 104 Å². The molecule has 6 aromatic rings. The van der Waals surface area contributed by atoms with Crippen LogP contribution < -0.4 is 15.2 Å². The quantitative estimate of drug-likeness (QED) is 0.135. The number of Topliss-reactive ketones (excluding diaryl/α,β-unsaturated/α-hetero) is 2. The van der Waals surface area contributed by atoms with Gasteiger partial charge in [0.05, 0.1) is 27.7 Å². The average molecular weight is 716 g/mol. The number of aromatic amines is 1. The van der Waals surface area contributed by atoms with E-state index in [9.17, 15) is 24.0 Å². The number of ether oxygens (including phenoxy) is 1. The molecule has 0 atom stereocenters. The SMILES string of the molecule is Cc1c(C)c2c3c(c(C)c(C)c4c3c1C(=O)C(c1nc3ccc(OCc5ccccc5)cc3c(=O)[nH]1)C4=O)C(=O)N(c1ccccc1C1CCCC1)C2=O. The maximum atomic E-state index is 14.7. The average Bonchev–Trinajstić information content (AvgIpc) is 3.71. The molecular weight excluding hydrogens is 679 g/mol. The summed E-state index contributed by atoms with van der Waals surface area (Å²) in [6.45, 7) is 7.45. The molecule has 54 heavy (non-hydrogen) atoms. The van der Waals surface area contributed by atoms with Gasteiger partial charge in [-0.1, -0.05) is 61.4 Å². The van der Waals surface area contributed by atoms with Crippen LogP contribution in [0.1, 0.15) is 118 Å². The highest BCUT2D eigenvalue weighted by Crippen LogP contribution is 2.48. The van der Waals surface area contributed by atoms with E-state index in [1.165, 1.54) is 4.90 Å². The number of imide groups is 1. The van der Waals surface area contributed by atoms with Crippen LogP contribution in [0.3, 0.4) is 0 Å². The van der Waals surface area contributed by atoms with Crippen LogP contribution in [0.5, 0.6) is 5.75 Å². The number of nitrogens with zero attached hydrogens (tertiary/aromatic N) is 2. The zero-order chi connectivity index (χ0) is 37.6. The van der Waals surface area contributed by atoms with Crippen molar-refractivity contribution in [2.75, 3.05) is 4.90 Å². The summed E-state index contributed by atoms with van der Waals surface area (Å²) in [5.74, 6) is -2.75. The van der Waals surface area contributed by atoms with Crippen LogP contribution in [0.25, 0.3) is 21.7 Å². The van der Waals surface area contributed by atoms with Crippen LogP contribution in [-0.4, -0.2) is 33.3 Å². The van der Waals surface area contributed by atoms with Crippen LogP contribution in [-0.2, 0) is 6.61 Å². The molecule has 9 nitrogen and oxygen atoms in total. The molecule has 1 aliphatic heterocycles. The van der Waals surface area contributed by atoms with E-state index < -0.39 is 34.9 Å². The molecule has 9 rings (SSSR count). The third-order valence-electron chi connectivity index (χ3n) is 11.9. The van der Waals surface area contributed by atoms with Gasteiger partial charge in [0, 0.05) is 21.9 Å². The number of hydrogen-bond acceptors (Lipinski definition) is 7. The lowest BCUT2D eigenvalue weighted by atomic mass is 9.71. The second-order valence-corrected chi connectivity index (χ2v) is 14.8. The third-order valence-corrected chi connectivity index (χ3v) is 11.9. The van der Waals surface area contributed by atoms with E-state index >= 15 is 0 Å². The Morgan fingerprint density at radius 1 is 0.704 bits per heavy atom. The van der Waals surface area contributed by atoms with Crippen molar-refractivity contribution in [3.8, 4) is 5.75 Å². The number of aromatic nitrogens is 2. The Hall–Kier alpha value is -6.22. The van der Waals surface area contributed by atoms with Crippen LogP contribution in [0.15, 0.2) is 77.6 Å². The van der Waals surface area contributed by atoms with E-state index in [0.717, 1.165) is 36.8 Å². The van der Waals surface area contributed by atoms with E-state index in [0.29, 0.717) is 67.7 Å². The van der Waals surface area contributed by atoms with E-state index in [1.54, 1.807) is 45.9 Å². The number of nitrogens with one attached hydrogen (secondary N) is 1. The molecule has 1 N–H and O–H groups in total. The molecule has 0 spiro atoms. The highest BCUT2D eigenvalue weighted by atomic mass is 16.5. The van der Waals surface area contributed by atoms with E-state index in [1.807, 2.05) is 54.6 Å². The molecule has 0 saturated heterocycles. The monoisotopic (exact) mass is 715 g/mol. The summed E-state index contributed by atoms with van der Waals surface area (Å²) in [6, 6.07) is 22.3. The van der Waals surface area contributed by atoms with Crippen LogP contribution in [0.2, 0.25) is 0 Å². The van der Waals surface area contributed by atoms with Gasteiger partial charge in [0.25, 0.3) is 17.4 Å². The lowest BCUT2D eigenvalue weighted by Gasteiger charge is -2.35. The standard InChI is InChI=1S/C45H37N3O6/c1-22-24(3)35-38-36(45(53)48(44(35)52)32-17-11-10-16-29(32)27-14-8-9-15-27)25(4)23(2)34-37(38)33(22)40(49)39(41(34)50)42-46-31-19-18-28(20-30(31)43(51)47-42)54-21-26-12-6-5-7-13-26/h5-7,10-13,16-20,27,39H,8-9,14-15,21H2,1-4H3,(H,46,47,51). The molecule has 2 heterocycles. The van der Waals surface area contributed by atoms with Gasteiger partial charge in [-0.25, -0.2) is 9.88 Å². The number of ketones is 2. The molecule has 1 fully saturated rings. The summed E-state index contributed by atoms with van der Waals surface area (Å²) in [5.41, 5.74) is 5.76. The lowest BCUT2D eigenvalue weighted by Crippen LogP contribution is -2.43. The Bertz CT molecular complexity index is 2640. The van der Waals surface area contributed by atoms with Crippen LogP contribution in [0, 0.1) is 27.7 Å². The predicted molar refractivity (Wildman–Crippen MR) is 206 cm³/mol. The van der Waals surface area contributed by atoms with Crippen molar-refractivity contribution in [2.24, 2.45) is 0 Å². The normalized spacial score (nSPS) is 16.0. The topological polar surface area (TPSA) is 126 Å². The number of benzene rings is 5. The molecule has 0 radical (unpaired) electrons. The fourth-order valence-corrected chi connectivity index (χ4v) is 8.97. The number of para-hydroxylation sites is 1. The molecule has 2 amide bonds. The van der Waals surface area contributed by atoms with E-state index in [-0.39, 0.29) is 28.3 Å². The zero-order valence-corrected chi connectivity index (χ0v) is 30.5. The minimum absolute atomic E-state index is 0.0598. The summed E-state index contributed by atoms with van der Waals surface area (Å²) >= 11 is 0. The van der Waals surface area contributed by atoms with Gasteiger partial charge in [-0.2, -0.15) is 0 Å². The Morgan fingerprint density at radius 2 is 1.28 bits per heavy atom. The molecular formula is C45H37N3O6. The second-order valence-electron chi connectivity index (χ2n) is 14.8. The molecule has 3 aliphatic rings. The fourth-order valence-electron chi connectivity index (χ4n) is 8.97. The first kappa shape index (κ1) is 33.6. The number of hydrogen-bond donors (Lipinski definition) is 1. The van der Waals surface area contributed by atoms with Gasteiger partial charge < -0.3 is 9.72 Å². The first-order valence-electron chi connectivity index (χ1n) is 18.4. The fraction of sp³-hybridized carbons (Fsp3) is 0.244. The minimum Gasteiger partial charge on any atom is -0.489 e. The zero-order valence-electron chi connectivity index (χ0n) is 30.5. The summed E-state index contributed by atoms with van der Waals surface area (Å²) in [4.78, 5) is 81.1. The number of fused-ring (bicyclic) bond motifs is 1. The minimum atomic E-state index is -1.43. The van der Waals surface area contributed by atoms with Crippen molar-refractivity contribution < 1.29 is 23.9 Å². The van der Waals surface area contributed by atoms with Gasteiger partial charge in [-0.15, -0.1) is 0 Å². The molecule has 0 bridgehead atoms. The van der Waals surface area contributed by atoms with Gasteiger partial charge in [0.1, 0.15) is 24.1 Å². The third kappa shape index (κ3) is 4.84. The molecule has 2 aliphatic carbocycles. The Labute approximate surface area is 311 Å². The Kier molecular flexibility index (Phi) is 7.74. The van der Waals surface area contributed by atoms with Crippen molar-refractivity contribution in [3.05, 3.63) is 145 Å². The second kappa shape index (κ2) is 12.4. The van der Waals surface area contributed by atoms with Crippen molar-refractivity contribution in [2.45, 2.75) is 71.8 Å². The number of carbonyl (C=O) groups is 4. The molecule has 268 valence electrons.